The van der Waals surface area contributed by atoms with E-state index in [2.05, 4.69) is 9.84 Å². The van der Waals surface area contributed by atoms with Crippen molar-refractivity contribution in [2.45, 2.75) is 32.1 Å². The van der Waals surface area contributed by atoms with Crippen molar-refractivity contribution in [3.8, 4) is 0 Å². The van der Waals surface area contributed by atoms with Crippen molar-refractivity contribution < 1.29 is 19.7 Å². The van der Waals surface area contributed by atoms with Gasteiger partial charge in [0, 0.05) is 18.3 Å². The van der Waals surface area contributed by atoms with Gasteiger partial charge in [0.2, 0.25) is 0 Å². The Morgan fingerprint density at radius 3 is 2.88 bits per heavy atom. The largest absolute Gasteiger partial charge is 0.467 e. The van der Waals surface area contributed by atoms with E-state index < -0.39 is 18.2 Å². The van der Waals surface area contributed by atoms with Crippen LogP contribution in [0.25, 0.3) is 0 Å². The molecule has 0 amide bonds. The monoisotopic (exact) mass is 228 g/mol. The number of aliphatic hydroxyl groups is 2. The molecular weight excluding hydrogens is 212 g/mol. The molecule has 16 heavy (non-hydrogen) atoms. The van der Waals surface area contributed by atoms with Gasteiger partial charge in [-0.3, -0.25) is 4.68 Å². The average Bonchev–Trinajstić information content (AvgIpc) is 2.75. The zero-order valence-electron chi connectivity index (χ0n) is 9.33. The lowest BCUT2D eigenvalue weighted by Gasteiger charge is -2.13. The zero-order valence-corrected chi connectivity index (χ0v) is 9.33. The van der Waals surface area contributed by atoms with E-state index in [-0.39, 0.29) is 0 Å². The third kappa shape index (κ3) is 2.80. The number of carbonyl (C=O) groups is 1. The summed E-state index contributed by atoms with van der Waals surface area (Å²) in [5.74, 6) is -0.865. The second kappa shape index (κ2) is 5.62. The highest BCUT2D eigenvalue weighted by molar-refractivity contribution is 5.75. The van der Waals surface area contributed by atoms with Crippen LogP contribution in [0.1, 0.15) is 25.0 Å². The molecule has 1 rings (SSSR count). The number of aliphatic hydroxyl groups excluding tert-OH is 2. The first-order valence-electron chi connectivity index (χ1n) is 5.06. The van der Waals surface area contributed by atoms with Crippen LogP contribution < -0.4 is 0 Å². The maximum absolute atomic E-state index is 11.0. The van der Waals surface area contributed by atoms with E-state index in [0.717, 1.165) is 20.1 Å². The summed E-state index contributed by atoms with van der Waals surface area (Å²) in [6, 6.07) is 0. The maximum atomic E-state index is 11.0. The normalized spacial score (nSPS) is 14.5. The Hall–Kier alpha value is -1.40. The molecule has 0 fully saturated rings. The van der Waals surface area contributed by atoms with Crippen LogP contribution in [0, 0.1) is 0 Å². The molecule has 0 aliphatic carbocycles. The summed E-state index contributed by atoms with van der Waals surface area (Å²) in [5.41, 5.74) is 0.395. The molecule has 2 N–H and O–H groups in total. The summed E-state index contributed by atoms with van der Waals surface area (Å²) >= 11 is 0. The molecule has 0 bridgehead atoms. The summed E-state index contributed by atoms with van der Waals surface area (Å²) in [6.45, 7) is 2.72. The third-order valence-corrected chi connectivity index (χ3v) is 2.19. The summed E-state index contributed by atoms with van der Waals surface area (Å²) < 4.78 is 5.97. The van der Waals surface area contributed by atoms with Gasteiger partial charge in [0.05, 0.1) is 13.3 Å². The van der Waals surface area contributed by atoms with Gasteiger partial charge >= 0.3 is 5.97 Å². The highest BCUT2D eigenvalue weighted by Gasteiger charge is 2.27. The van der Waals surface area contributed by atoms with Crippen molar-refractivity contribution in [2.75, 3.05) is 7.11 Å². The molecule has 0 radical (unpaired) electrons. The van der Waals surface area contributed by atoms with Gasteiger partial charge in [-0.05, 0) is 6.42 Å². The van der Waals surface area contributed by atoms with Gasteiger partial charge < -0.3 is 14.9 Å². The Morgan fingerprint density at radius 1 is 1.62 bits per heavy atom. The topological polar surface area (TPSA) is 84.6 Å². The van der Waals surface area contributed by atoms with Crippen LogP contribution in [0.3, 0.4) is 0 Å². The van der Waals surface area contributed by atoms with Crippen LogP contribution in [0.5, 0.6) is 0 Å². The summed E-state index contributed by atoms with van der Waals surface area (Å²) in [6.07, 6.45) is 1.05. The van der Waals surface area contributed by atoms with E-state index in [1.54, 1.807) is 10.9 Å². The second-order valence-electron chi connectivity index (χ2n) is 3.45. The molecular formula is C10H16N2O4. The molecule has 0 aromatic carbocycles. The van der Waals surface area contributed by atoms with Crippen LogP contribution in [-0.2, 0) is 16.1 Å². The summed E-state index contributed by atoms with van der Waals surface area (Å²) in [4.78, 5) is 11.0. The molecule has 0 aliphatic rings. The summed E-state index contributed by atoms with van der Waals surface area (Å²) in [7, 11) is 1.15. The van der Waals surface area contributed by atoms with E-state index in [1.807, 2.05) is 6.92 Å². The minimum atomic E-state index is -1.58. The molecule has 1 aromatic rings. The van der Waals surface area contributed by atoms with Crippen molar-refractivity contribution in [3.05, 3.63) is 18.0 Å². The fourth-order valence-electron chi connectivity index (χ4n) is 1.32. The average molecular weight is 228 g/mol. The highest BCUT2D eigenvalue weighted by Crippen LogP contribution is 2.16. The number of hydrogen-bond acceptors (Lipinski definition) is 5. The standard InChI is InChI=1S/C10H16N2O4/c1-3-4-12-6-7(5-11-12)8(13)9(14)10(15)16-2/h5-6,8-9,13-14H,3-4H2,1-2H3. The fourth-order valence-corrected chi connectivity index (χ4v) is 1.32. The van der Waals surface area contributed by atoms with Crippen molar-refractivity contribution in [1.29, 1.82) is 0 Å². The molecule has 0 saturated carbocycles. The van der Waals surface area contributed by atoms with E-state index in [9.17, 15) is 15.0 Å². The molecule has 0 saturated heterocycles. The van der Waals surface area contributed by atoms with Gasteiger partial charge in [-0.2, -0.15) is 5.10 Å². The van der Waals surface area contributed by atoms with E-state index >= 15 is 0 Å². The minimum absolute atomic E-state index is 0.395. The summed E-state index contributed by atoms with van der Waals surface area (Å²) in [5, 5.41) is 23.1. The number of rotatable bonds is 5. The predicted molar refractivity (Wildman–Crippen MR) is 55.5 cm³/mol. The van der Waals surface area contributed by atoms with Crippen molar-refractivity contribution in [1.82, 2.24) is 9.78 Å². The van der Waals surface area contributed by atoms with Crippen molar-refractivity contribution >= 4 is 5.97 Å². The first-order valence-corrected chi connectivity index (χ1v) is 5.06. The lowest BCUT2D eigenvalue weighted by atomic mass is 10.1. The molecule has 2 unspecified atom stereocenters. The molecule has 6 nitrogen and oxygen atoms in total. The van der Waals surface area contributed by atoms with Crippen LogP contribution >= 0.6 is 0 Å². The van der Waals surface area contributed by atoms with Gasteiger partial charge in [-0.15, -0.1) is 0 Å². The molecule has 1 aromatic heterocycles. The number of hydrogen-bond donors (Lipinski definition) is 2. The predicted octanol–water partition coefficient (Wildman–Crippen LogP) is -0.140. The van der Waals surface area contributed by atoms with Crippen molar-refractivity contribution in [2.24, 2.45) is 0 Å². The minimum Gasteiger partial charge on any atom is -0.467 e. The maximum Gasteiger partial charge on any atom is 0.337 e. The molecule has 90 valence electrons. The number of esters is 1. The number of aromatic nitrogens is 2. The Morgan fingerprint density at radius 2 is 2.31 bits per heavy atom. The van der Waals surface area contributed by atoms with Gasteiger partial charge in [-0.1, -0.05) is 6.92 Å². The van der Waals surface area contributed by atoms with E-state index in [1.165, 1.54) is 6.20 Å². The molecule has 0 aliphatic heterocycles. The first kappa shape index (κ1) is 12.7. The number of carbonyl (C=O) groups excluding carboxylic acids is 1. The van der Waals surface area contributed by atoms with Crippen LogP contribution in [0.4, 0.5) is 0 Å². The molecule has 0 spiro atoms. The van der Waals surface area contributed by atoms with Gasteiger partial charge in [-0.25, -0.2) is 4.79 Å². The van der Waals surface area contributed by atoms with E-state index in [0.29, 0.717) is 5.56 Å². The Kier molecular flexibility index (Phi) is 4.45. The smallest absolute Gasteiger partial charge is 0.337 e. The van der Waals surface area contributed by atoms with Crippen molar-refractivity contribution in [3.63, 3.8) is 0 Å². The number of methoxy groups -OCH3 is 1. The zero-order chi connectivity index (χ0) is 12.1. The number of nitrogens with zero attached hydrogens (tertiary/aromatic N) is 2. The second-order valence-corrected chi connectivity index (χ2v) is 3.45. The third-order valence-electron chi connectivity index (χ3n) is 2.19. The Bertz CT molecular complexity index is 350. The molecule has 6 heteroatoms. The molecule has 2 atom stereocenters. The van der Waals surface area contributed by atoms with E-state index in [4.69, 9.17) is 0 Å². The fraction of sp³-hybridized carbons (Fsp3) is 0.600. The first-order chi connectivity index (χ1) is 7.60. The quantitative estimate of drug-likeness (QED) is 0.685. The van der Waals surface area contributed by atoms with Crippen LogP contribution in [-0.4, -0.2) is 39.2 Å². The van der Waals surface area contributed by atoms with Gasteiger partial charge in [0.1, 0.15) is 6.10 Å². The van der Waals surface area contributed by atoms with Crippen LogP contribution in [0.15, 0.2) is 12.4 Å². The Balaban J connectivity index is 2.71. The SMILES string of the molecule is CCCn1cc(C(O)C(O)C(=O)OC)cn1. The highest BCUT2D eigenvalue weighted by atomic mass is 16.5. The van der Waals surface area contributed by atoms with Gasteiger partial charge in [0.25, 0.3) is 0 Å². The Labute approximate surface area is 93.5 Å². The lowest BCUT2D eigenvalue weighted by molar-refractivity contribution is -0.156. The van der Waals surface area contributed by atoms with Gasteiger partial charge in [0.15, 0.2) is 6.10 Å². The van der Waals surface area contributed by atoms with Crippen LogP contribution in [0.2, 0.25) is 0 Å². The number of ether oxygens (including phenoxy) is 1. The lowest BCUT2D eigenvalue weighted by Crippen LogP contribution is -2.28. The molecule has 1 heterocycles. The number of aryl methyl sites for hydroxylation is 1.